The molecule has 2 atom stereocenters. The first-order valence-corrected chi connectivity index (χ1v) is 7.96. The summed E-state index contributed by atoms with van der Waals surface area (Å²) in [7, 11) is 0. The summed E-state index contributed by atoms with van der Waals surface area (Å²) < 4.78 is 18.1. The average molecular weight is 355 g/mol. The van der Waals surface area contributed by atoms with Crippen molar-refractivity contribution in [3.63, 3.8) is 0 Å². The second-order valence-corrected chi connectivity index (χ2v) is 5.98. The summed E-state index contributed by atoms with van der Waals surface area (Å²) in [5.74, 6) is -1.13. The predicted octanol–water partition coefficient (Wildman–Crippen LogP) is 4.38. The van der Waals surface area contributed by atoms with Gasteiger partial charge >= 0.3 is 12.0 Å². The standard InChI is InChI=1S/C18H16FN4O3/c1-12(24)23(17-8-7-14(19)10-16(17)21-22-20)15(11-26-18(23)25)9-13-5-3-2-4-6-13/h2-8,10,15H,9,11H2,1H3/q+1/t15-,23?/m0/s1. The zero-order valence-electron chi connectivity index (χ0n) is 14.0. The summed E-state index contributed by atoms with van der Waals surface area (Å²) in [6.45, 7) is 1.30. The molecule has 7 nitrogen and oxygen atoms in total. The largest absolute Gasteiger partial charge is 0.529 e. The first-order valence-electron chi connectivity index (χ1n) is 7.96. The molecule has 1 aliphatic rings. The second-order valence-electron chi connectivity index (χ2n) is 5.98. The number of hydrogen-bond acceptors (Lipinski definition) is 4. The number of azide groups is 1. The Morgan fingerprint density at radius 1 is 1.35 bits per heavy atom. The molecule has 0 aliphatic carbocycles. The maximum Gasteiger partial charge on any atom is 0.529 e. The van der Waals surface area contributed by atoms with Crippen molar-refractivity contribution in [2.45, 2.75) is 19.4 Å². The second kappa shape index (κ2) is 6.95. The first kappa shape index (κ1) is 17.6. The number of rotatable bonds is 4. The van der Waals surface area contributed by atoms with E-state index < -0.39 is 28.3 Å². The van der Waals surface area contributed by atoms with Crippen molar-refractivity contribution in [3.05, 3.63) is 70.4 Å². The van der Waals surface area contributed by atoms with Gasteiger partial charge in [-0.1, -0.05) is 35.4 Å². The van der Waals surface area contributed by atoms with E-state index in [-0.39, 0.29) is 18.0 Å². The number of halogens is 1. The topological polar surface area (TPSA) is 92.1 Å². The highest BCUT2D eigenvalue weighted by Crippen LogP contribution is 2.41. The van der Waals surface area contributed by atoms with Crippen molar-refractivity contribution in [1.82, 2.24) is 4.48 Å². The molecule has 1 unspecified atom stereocenters. The molecule has 1 fully saturated rings. The summed E-state index contributed by atoms with van der Waals surface area (Å²) in [4.78, 5) is 28.0. The number of imide groups is 1. The molecule has 8 heteroatoms. The molecule has 0 N–H and O–H groups in total. The lowest BCUT2D eigenvalue weighted by atomic mass is 10.0. The lowest BCUT2D eigenvalue weighted by Gasteiger charge is -2.31. The van der Waals surface area contributed by atoms with E-state index in [2.05, 4.69) is 10.0 Å². The molecule has 132 valence electrons. The molecule has 1 heterocycles. The normalized spacial score (nSPS) is 21.8. The SMILES string of the molecule is CC(=O)[N+]1(c2ccc(F)cc2N=[N+]=[N-])C(=O)OC[C@@H]1Cc1ccccc1. The minimum absolute atomic E-state index is 0.0282. The van der Waals surface area contributed by atoms with Crippen molar-refractivity contribution in [1.29, 1.82) is 0 Å². The van der Waals surface area contributed by atoms with E-state index in [1.807, 2.05) is 30.3 Å². The number of hydrogen-bond donors (Lipinski definition) is 0. The van der Waals surface area contributed by atoms with E-state index in [1.165, 1.54) is 13.0 Å². The van der Waals surface area contributed by atoms with Gasteiger partial charge in [0.2, 0.25) is 0 Å². The number of quaternary nitrogens is 1. The van der Waals surface area contributed by atoms with Gasteiger partial charge in [-0.2, -0.15) is 4.79 Å². The number of cyclic esters (lactones) is 1. The third kappa shape index (κ3) is 2.81. The number of carbonyl (C=O) groups excluding carboxylic acids is 2. The van der Waals surface area contributed by atoms with Gasteiger partial charge in [0.05, 0.1) is 6.92 Å². The number of carbonyl (C=O) groups is 2. The molecule has 2 aromatic rings. The van der Waals surface area contributed by atoms with Gasteiger partial charge < -0.3 is 4.74 Å². The van der Waals surface area contributed by atoms with Crippen LogP contribution in [0.5, 0.6) is 0 Å². The quantitative estimate of drug-likeness (QED) is 0.352. The molecule has 2 aromatic carbocycles. The maximum atomic E-state index is 13.6. The van der Waals surface area contributed by atoms with E-state index >= 15 is 0 Å². The van der Waals surface area contributed by atoms with Crippen LogP contribution in [0, 0.1) is 5.82 Å². The van der Waals surface area contributed by atoms with E-state index in [9.17, 15) is 14.0 Å². The van der Waals surface area contributed by atoms with Crippen LogP contribution in [0.1, 0.15) is 12.5 Å². The van der Waals surface area contributed by atoms with Crippen LogP contribution in [0.2, 0.25) is 0 Å². The monoisotopic (exact) mass is 355 g/mol. The summed E-state index contributed by atoms with van der Waals surface area (Å²) in [5.41, 5.74) is 9.72. The summed E-state index contributed by atoms with van der Waals surface area (Å²) in [6.07, 6.45) is -0.376. The van der Waals surface area contributed by atoms with Crippen molar-refractivity contribution in [2.75, 3.05) is 6.61 Å². The fourth-order valence-corrected chi connectivity index (χ4v) is 3.39. The van der Waals surface area contributed by atoms with Crippen molar-refractivity contribution >= 4 is 23.4 Å². The highest BCUT2D eigenvalue weighted by molar-refractivity contribution is 6.08. The molecule has 0 spiro atoms. The number of benzene rings is 2. The number of nitrogens with zero attached hydrogens (tertiary/aromatic N) is 4. The van der Waals surface area contributed by atoms with Gasteiger partial charge in [0, 0.05) is 17.4 Å². The molecular weight excluding hydrogens is 339 g/mol. The Labute approximate surface area is 148 Å². The van der Waals surface area contributed by atoms with Crippen LogP contribution < -0.4 is 4.48 Å². The molecule has 1 saturated heterocycles. The maximum absolute atomic E-state index is 13.6. The van der Waals surface area contributed by atoms with Gasteiger partial charge in [0.25, 0.3) is 0 Å². The Balaban J connectivity index is 2.18. The van der Waals surface area contributed by atoms with Crippen molar-refractivity contribution in [2.24, 2.45) is 5.11 Å². The Morgan fingerprint density at radius 3 is 2.73 bits per heavy atom. The number of ether oxygens (including phenoxy) is 1. The first-order chi connectivity index (χ1) is 12.5. The van der Waals surface area contributed by atoms with Crippen LogP contribution >= 0.6 is 0 Å². The average Bonchev–Trinajstić information content (AvgIpc) is 2.94. The lowest BCUT2D eigenvalue weighted by Crippen LogP contribution is -2.60. The molecule has 0 bridgehead atoms. The molecule has 1 aliphatic heterocycles. The Kier molecular flexibility index (Phi) is 4.71. The van der Waals surface area contributed by atoms with Crippen LogP contribution in [0.4, 0.5) is 20.6 Å². The van der Waals surface area contributed by atoms with E-state index in [0.717, 1.165) is 17.7 Å². The van der Waals surface area contributed by atoms with Gasteiger partial charge in [-0.15, -0.1) is 4.48 Å². The van der Waals surface area contributed by atoms with E-state index in [1.54, 1.807) is 0 Å². The van der Waals surface area contributed by atoms with E-state index in [4.69, 9.17) is 10.3 Å². The van der Waals surface area contributed by atoms with Crippen LogP contribution in [0.25, 0.3) is 10.4 Å². The van der Waals surface area contributed by atoms with Gasteiger partial charge in [0.15, 0.2) is 18.3 Å². The molecular formula is C18H16FN4O3+. The third-order valence-corrected chi connectivity index (χ3v) is 4.52. The summed E-state index contributed by atoms with van der Waals surface area (Å²) >= 11 is 0. The number of amides is 2. The Morgan fingerprint density at radius 2 is 2.08 bits per heavy atom. The van der Waals surface area contributed by atoms with Gasteiger partial charge in [-0.3, -0.25) is 0 Å². The third-order valence-electron chi connectivity index (χ3n) is 4.52. The van der Waals surface area contributed by atoms with Crippen LogP contribution in [-0.4, -0.2) is 24.6 Å². The van der Waals surface area contributed by atoms with Crippen molar-refractivity contribution in [3.8, 4) is 0 Å². The van der Waals surface area contributed by atoms with Gasteiger partial charge in [0.1, 0.15) is 11.5 Å². The molecule has 0 radical (unpaired) electrons. The smallest absolute Gasteiger partial charge is 0.413 e. The fourth-order valence-electron chi connectivity index (χ4n) is 3.39. The molecule has 0 aromatic heterocycles. The summed E-state index contributed by atoms with van der Waals surface area (Å²) in [5, 5.41) is 3.48. The predicted molar refractivity (Wildman–Crippen MR) is 93.0 cm³/mol. The molecule has 26 heavy (non-hydrogen) atoms. The highest BCUT2D eigenvalue weighted by Gasteiger charge is 2.59. The minimum Gasteiger partial charge on any atom is -0.413 e. The van der Waals surface area contributed by atoms with Crippen molar-refractivity contribution < 1.29 is 18.7 Å². The lowest BCUT2D eigenvalue weighted by molar-refractivity contribution is -0.126. The highest BCUT2D eigenvalue weighted by atomic mass is 19.1. The zero-order chi connectivity index (χ0) is 18.7. The zero-order valence-corrected chi connectivity index (χ0v) is 14.0. The van der Waals surface area contributed by atoms with E-state index in [0.29, 0.717) is 6.42 Å². The van der Waals surface area contributed by atoms with Crippen LogP contribution in [0.15, 0.2) is 53.6 Å². The van der Waals surface area contributed by atoms with Crippen LogP contribution in [0.3, 0.4) is 0 Å². The molecule has 3 rings (SSSR count). The van der Waals surface area contributed by atoms with Gasteiger partial charge in [-0.25, -0.2) is 9.18 Å². The Hall–Kier alpha value is -3.22. The fraction of sp³-hybridized carbons (Fsp3) is 0.222. The molecule has 2 amide bonds. The Bertz CT molecular complexity index is 912. The van der Waals surface area contributed by atoms with Gasteiger partial charge in [-0.05, 0) is 23.2 Å². The van der Waals surface area contributed by atoms with Crippen LogP contribution in [-0.2, 0) is 16.0 Å². The summed E-state index contributed by atoms with van der Waals surface area (Å²) in [6, 6.07) is 12.2. The minimum atomic E-state index is -0.774. The molecule has 0 saturated carbocycles.